The molecule has 0 amide bonds. The molecule has 0 unspecified atom stereocenters. The zero-order valence-corrected chi connectivity index (χ0v) is 17.1. The van der Waals surface area contributed by atoms with Crippen LogP contribution < -0.4 is 0 Å². The van der Waals surface area contributed by atoms with Crippen LogP contribution in [0.4, 0.5) is 0 Å². The number of thioether (sulfide) groups is 1. The topological polar surface area (TPSA) is 36.9 Å². The Bertz CT molecular complexity index is 394. The molecule has 0 N–H and O–H groups in total. The van der Waals surface area contributed by atoms with Crippen molar-refractivity contribution < 1.29 is 18.6 Å². The summed E-state index contributed by atoms with van der Waals surface area (Å²) in [6.07, 6.45) is -0.133. The number of hydrogen-bond donors (Lipinski definition) is 0. The molecular weight excluding hydrogens is 316 g/mol. The van der Waals surface area contributed by atoms with Gasteiger partial charge in [-0.1, -0.05) is 27.7 Å². The minimum absolute atomic E-state index is 0.0258. The van der Waals surface area contributed by atoms with E-state index in [0.717, 1.165) is 5.75 Å². The Morgan fingerprint density at radius 1 is 1.23 bits per heavy atom. The molecule has 2 heterocycles. The van der Waals surface area contributed by atoms with Crippen LogP contribution in [0.15, 0.2) is 0 Å². The van der Waals surface area contributed by atoms with E-state index in [0.29, 0.717) is 6.61 Å². The summed E-state index contributed by atoms with van der Waals surface area (Å²) in [6, 6.07) is 0. The van der Waals surface area contributed by atoms with E-state index < -0.39 is 14.1 Å². The molecule has 0 radical (unpaired) electrons. The van der Waals surface area contributed by atoms with Gasteiger partial charge in [0.1, 0.15) is 23.7 Å². The van der Waals surface area contributed by atoms with E-state index in [2.05, 4.69) is 40.8 Å². The maximum absolute atomic E-state index is 6.70. The van der Waals surface area contributed by atoms with Crippen molar-refractivity contribution in [2.75, 3.05) is 12.4 Å². The predicted octanol–water partition coefficient (Wildman–Crippen LogP) is 4.01. The Morgan fingerprint density at radius 2 is 1.86 bits per heavy atom. The summed E-state index contributed by atoms with van der Waals surface area (Å²) in [6.45, 7) is 18.0. The fourth-order valence-electron chi connectivity index (χ4n) is 2.66. The van der Waals surface area contributed by atoms with Crippen molar-refractivity contribution >= 4 is 20.1 Å². The molecule has 0 spiro atoms. The normalized spacial score (nSPS) is 35.5. The number of rotatable bonds is 4. The molecule has 0 aromatic carbocycles. The smallest absolute Gasteiger partial charge is 0.192 e. The van der Waals surface area contributed by atoms with Crippen LogP contribution in [-0.2, 0) is 18.6 Å². The summed E-state index contributed by atoms with van der Waals surface area (Å²) >= 11 is 1.80. The lowest BCUT2D eigenvalue weighted by Gasteiger charge is -2.45. The highest BCUT2D eigenvalue weighted by molar-refractivity contribution is 7.99. The van der Waals surface area contributed by atoms with Crippen molar-refractivity contribution in [3.05, 3.63) is 0 Å². The first kappa shape index (κ1) is 18.7. The molecular formula is C16H32O4SSi. The summed E-state index contributed by atoms with van der Waals surface area (Å²) in [4.78, 5) is 0. The summed E-state index contributed by atoms with van der Waals surface area (Å²) in [5.74, 6) is 0.448. The van der Waals surface area contributed by atoms with E-state index in [1.165, 1.54) is 0 Å². The van der Waals surface area contributed by atoms with Crippen LogP contribution in [0, 0.1) is 0 Å². The van der Waals surface area contributed by atoms with Crippen molar-refractivity contribution in [3.8, 4) is 0 Å². The molecule has 0 aliphatic carbocycles. The molecule has 0 aromatic heterocycles. The quantitative estimate of drug-likeness (QED) is 0.718. The Labute approximate surface area is 140 Å². The molecule has 0 aromatic rings. The molecule has 2 aliphatic rings. The third kappa shape index (κ3) is 3.90. The SMILES string of the molecule is CCS[C@H]1OC[C@H]2OC(C)(C)O[C@H]2[C@@H]1O[Si](C)(C)C(C)(C)C. The van der Waals surface area contributed by atoms with E-state index in [1.807, 2.05) is 13.8 Å². The van der Waals surface area contributed by atoms with Crippen LogP contribution in [0.2, 0.25) is 18.1 Å². The summed E-state index contributed by atoms with van der Waals surface area (Å²) in [5.41, 5.74) is 0.0258. The van der Waals surface area contributed by atoms with Gasteiger partial charge >= 0.3 is 0 Å². The molecule has 4 atom stereocenters. The summed E-state index contributed by atoms with van der Waals surface area (Å²) in [7, 11) is -1.90. The van der Waals surface area contributed by atoms with Crippen molar-refractivity contribution in [2.24, 2.45) is 0 Å². The van der Waals surface area contributed by atoms with Crippen LogP contribution in [0.1, 0.15) is 41.5 Å². The second-order valence-electron chi connectivity index (χ2n) is 8.14. The highest BCUT2D eigenvalue weighted by atomic mass is 32.2. The largest absolute Gasteiger partial charge is 0.408 e. The van der Waals surface area contributed by atoms with Crippen LogP contribution in [0.3, 0.4) is 0 Å². The second-order valence-corrected chi connectivity index (χ2v) is 14.3. The van der Waals surface area contributed by atoms with Crippen molar-refractivity contribution in [1.29, 1.82) is 0 Å². The minimum atomic E-state index is -1.90. The fraction of sp³-hybridized carbons (Fsp3) is 1.00. The lowest BCUT2D eigenvalue weighted by atomic mass is 10.1. The number of hydrogen-bond acceptors (Lipinski definition) is 5. The number of ether oxygens (including phenoxy) is 3. The molecule has 6 heteroatoms. The monoisotopic (exact) mass is 348 g/mol. The molecule has 0 bridgehead atoms. The maximum atomic E-state index is 6.70. The Hall–Kier alpha value is 0.407. The minimum Gasteiger partial charge on any atom is -0.408 e. The van der Waals surface area contributed by atoms with Gasteiger partial charge in [-0.15, -0.1) is 11.8 Å². The lowest BCUT2D eigenvalue weighted by Crippen LogP contribution is -2.57. The van der Waals surface area contributed by atoms with E-state index in [4.69, 9.17) is 18.6 Å². The maximum Gasteiger partial charge on any atom is 0.192 e. The van der Waals surface area contributed by atoms with E-state index in [9.17, 15) is 0 Å². The van der Waals surface area contributed by atoms with Crippen LogP contribution in [-0.4, -0.2) is 50.2 Å². The first-order valence-electron chi connectivity index (χ1n) is 8.23. The summed E-state index contributed by atoms with van der Waals surface area (Å²) in [5, 5.41) is 0.163. The van der Waals surface area contributed by atoms with Gasteiger partial charge in [0.15, 0.2) is 14.1 Å². The zero-order valence-electron chi connectivity index (χ0n) is 15.3. The van der Waals surface area contributed by atoms with Crippen LogP contribution >= 0.6 is 11.8 Å². The predicted molar refractivity (Wildman–Crippen MR) is 93.8 cm³/mol. The molecule has 2 rings (SSSR count). The van der Waals surface area contributed by atoms with Gasteiger partial charge in [0.05, 0.1) is 6.61 Å². The summed E-state index contributed by atoms with van der Waals surface area (Å²) < 4.78 is 24.9. The molecule has 130 valence electrons. The van der Waals surface area contributed by atoms with Gasteiger partial charge in [0, 0.05) is 0 Å². The van der Waals surface area contributed by atoms with Crippen LogP contribution in [0.5, 0.6) is 0 Å². The van der Waals surface area contributed by atoms with Gasteiger partial charge in [-0.05, 0) is 37.7 Å². The molecule has 4 nitrogen and oxygen atoms in total. The van der Waals surface area contributed by atoms with Crippen molar-refractivity contribution in [3.63, 3.8) is 0 Å². The lowest BCUT2D eigenvalue weighted by molar-refractivity contribution is -0.152. The highest BCUT2D eigenvalue weighted by Gasteiger charge is 2.54. The zero-order chi connectivity index (χ0) is 16.8. The standard InChI is InChI=1S/C16H32O4SSi/c1-9-21-14-13(20-22(7,8)15(2,3)4)12-11(10-17-14)18-16(5,6)19-12/h11-14H,9-10H2,1-8H3/t11-,12-,13+,14-/m1/s1. The van der Waals surface area contributed by atoms with E-state index in [1.54, 1.807) is 11.8 Å². The van der Waals surface area contributed by atoms with Gasteiger partial charge in [-0.2, -0.15) is 0 Å². The first-order chi connectivity index (χ1) is 9.97. The third-order valence-corrected chi connectivity index (χ3v) is 10.3. The first-order valence-corrected chi connectivity index (χ1v) is 12.2. The van der Waals surface area contributed by atoms with Crippen molar-refractivity contribution in [2.45, 2.75) is 89.2 Å². The molecule has 22 heavy (non-hydrogen) atoms. The molecule has 2 saturated heterocycles. The average Bonchev–Trinajstić information content (AvgIpc) is 2.65. The Kier molecular flexibility index (Phi) is 5.43. The number of fused-ring (bicyclic) bond motifs is 1. The average molecular weight is 349 g/mol. The van der Waals surface area contributed by atoms with E-state index >= 15 is 0 Å². The molecule has 2 fully saturated rings. The fourth-order valence-corrected chi connectivity index (χ4v) is 4.95. The van der Waals surface area contributed by atoms with E-state index in [-0.39, 0.29) is 28.8 Å². The second kappa shape index (κ2) is 6.37. The van der Waals surface area contributed by atoms with Gasteiger partial charge in [0.25, 0.3) is 0 Å². The van der Waals surface area contributed by atoms with Gasteiger partial charge < -0.3 is 18.6 Å². The van der Waals surface area contributed by atoms with Gasteiger partial charge in [-0.3, -0.25) is 0 Å². The van der Waals surface area contributed by atoms with Gasteiger partial charge in [-0.25, -0.2) is 0 Å². The third-order valence-electron chi connectivity index (χ3n) is 4.81. The molecule has 0 saturated carbocycles. The Balaban J connectivity index is 2.21. The van der Waals surface area contributed by atoms with Crippen molar-refractivity contribution in [1.82, 2.24) is 0 Å². The Morgan fingerprint density at radius 3 is 2.41 bits per heavy atom. The highest BCUT2D eigenvalue weighted by Crippen LogP contribution is 2.43. The molecule has 2 aliphatic heterocycles. The van der Waals surface area contributed by atoms with Crippen LogP contribution in [0.25, 0.3) is 0 Å². The van der Waals surface area contributed by atoms with Gasteiger partial charge in [0.2, 0.25) is 0 Å².